The van der Waals surface area contributed by atoms with Crippen LogP contribution >= 0.6 is 0 Å². The second kappa shape index (κ2) is 15.7. The molecular formula is C43H47FN8O4. The van der Waals surface area contributed by atoms with Crippen LogP contribution in [-0.2, 0) is 20.9 Å². The number of H-pyrrole nitrogens is 2. The molecule has 8 rings (SSSR count). The SMILES string of the molecule is COC(=O)N[C@H](C(=O)N1CCC[C@H]1c1ncc(-c2ccc(-c3ccc(-c4cnc([C@@H]5[C@H]6CC[C@H](C6)[C@H]5C(=O)NCc5ccc(F)nc5)[nH]4)cc3)cc2)[nH]1)C(C)C. The molecule has 13 heteroatoms. The number of hydrogen-bond acceptors (Lipinski definition) is 7. The van der Waals surface area contributed by atoms with Gasteiger partial charge in [-0.1, -0.05) is 68.4 Å². The van der Waals surface area contributed by atoms with Crippen molar-refractivity contribution in [3.05, 3.63) is 102 Å². The summed E-state index contributed by atoms with van der Waals surface area (Å²) in [6.45, 7) is 4.72. The molecule has 3 aromatic heterocycles. The molecule has 4 heterocycles. The molecule has 1 aliphatic heterocycles. The van der Waals surface area contributed by atoms with Crippen molar-refractivity contribution >= 4 is 17.9 Å². The van der Waals surface area contributed by atoms with E-state index in [1.165, 1.54) is 19.4 Å². The molecule has 2 aliphatic carbocycles. The maximum absolute atomic E-state index is 13.5. The third kappa shape index (κ3) is 7.42. The molecule has 6 atom stereocenters. The monoisotopic (exact) mass is 758 g/mol. The van der Waals surface area contributed by atoms with Crippen molar-refractivity contribution in [1.82, 2.24) is 40.5 Å². The maximum Gasteiger partial charge on any atom is 0.407 e. The average molecular weight is 759 g/mol. The van der Waals surface area contributed by atoms with Gasteiger partial charge in [-0.05, 0) is 83.7 Å². The summed E-state index contributed by atoms with van der Waals surface area (Å²) in [7, 11) is 1.29. The lowest BCUT2D eigenvalue weighted by Gasteiger charge is -2.30. The normalized spacial score (nSPS) is 22.0. The number of hydrogen-bond donors (Lipinski definition) is 4. The van der Waals surface area contributed by atoms with Crippen LogP contribution in [0.5, 0.6) is 0 Å². The van der Waals surface area contributed by atoms with Gasteiger partial charge >= 0.3 is 6.09 Å². The van der Waals surface area contributed by atoms with Crippen LogP contribution in [0.25, 0.3) is 33.6 Å². The number of ether oxygens (including phenoxy) is 1. The summed E-state index contributed by atoms with van der Waals surface area (Å²) in [5.74, 6) is 1.47. The lowest BCUT2D eigenvalue weighted by atomic mass is 9.78. The van der Waals surface area contributed by atoms with Gasteiger partial charge in [-0.3, -0.25) is 9.59 Å². The van der Waals surface area contributed by atoms with Crippen molar-refractivity contribution < 1.29 is 23.5 Å². The summed E-state index contributed by atoms with van der Waals surface area (Å²) in [5, 5.41) is 5.77. The van der Waals surface area contributed by atoms with Crippen LogP contribution in [0.2, 0.25) is 0 Å². The molecule has 290 valence electrons. The highest BCUT2D eigenvalue weighted by Crippen LogP contribution is 2.56. The Morgan fingerprint density at radius 3 is 2.07 bits per heavy atom. The Morgan fingerprint density at radius 1 is 0.821 bits per heavy atom. The Morgan fingerprint density at radius 2 is 1.45 bits per heavy atom. The van der Waals surface area contributed by atoms with E-state index in [9.17, 15) is 18.8 Å². The first kappa shape index (κ1) is 37.1. The van der Waals surface area contributed by atoms with Gasteiger partial charge in [0.15, 0.2) is 0 Å². The zero-order valence-electron chi connectivity index (χ0n) is 31.8. The zero-order chi connectivity index (χ0) is 38.9. The Hall–Kier alpha value is -5.85. The third-order valence-electron chi connectivity index (χ3n) is 11.9. The van der Waals surface area contributed by atoms with Gasteiger partial charge < -0.3 is 30.2 Å². The Kier molecular flexibility index (Phi) is 10.4. The molecule has 3 aliphatic rings. The van der Waals surface area contributed by atoms with E-state index in [0.717, 1.165) is 83.0 Å². The van der Waals surface area contributed by atoms with Gasteiger partial charge in [0.1, 0.15) is 17.7 Å². The van der Waals surface area contributed by atoms with Gasteiger partial charge in [0.25, 0.3) is 0 Å². The zero-order valence-corrected chi connectivity index (χ0v) is 31.8. The van der Waals surface area contributed by atoms with Gasteiger partial charge in [0, 0.05) is 25.2 Å². The summed E-state index contributed by atoms with van der Waals surface area (Å²) < 4.78 is 18.0. The van der Waals surface area contributed by atoms with Crippen molar-refractivity contribution in [2.75, 3.05) is 13.7 Å². The minimum absolute atomic E-state index is 0.0198. The minimum atomic E-state index is -0.684. The summed E-state index contributed by atoms with van der Waals surface area (Å²) in [4.78, 5) is 61.0. The number of fused-ring (bicyclic) bond motifs is 2. The summed E-state index contributed by atoms with van der Waals surface area (Å²) >= 11 is 0. The van der Waals surface area contributed by atoms with Gasteiger partial charge in [0.2, 0.25) is 17.8 Å². The predicted octanol–water partition coefficient (Wildman–Crippen LogP) is 7.16. The van der Waals surface area contributed by atoms with Crippen molar-refractivity contribution in [3.63, 3.8) is 0 Å². The van der Waals surface area contributed by atoms with E-state index in [1.54, 1.807) is 6.07 Å². The third-order valence-corrected chi connectivity index (χ3v) is 11.9. The molecular weight excluding hydrogens is 712 g/mol. The standard InChI is InChI=1S/C43H47FN8O4/c1-24(2)38(51-43(55)56-3)42(54)52-18-4-5-34(52)39-46-22-32(49-39)28-11-7-26(8-12-28)27-9-13-29(14-10-27)33-23-47-40(50-33)36-30-15-16-31(19-30)37(36)41(53)48-21-25-6-17-35(44)45-20-25/h6-14,17,20,22-24,30-31,34,36-38H,4-5,15-16,18-19,21H2,1-3H3,(H,46,49)(H,47,50)(H,48,53)(H,51,55)/t30-,31+,34-,36+,37+,38-/m0/s1. The smallest absolute Gasteiger partial charge is 0.407 e. The lowest BCUT2D eigenvalue weighted by Crippen LogP contribution is -2.51. The first-order valence-corrected chi connectivity index (χ1v) is 19.5. The van der Waals surface area contributed by atoms with Crippen LogP contribution in [0.3, 0.4) is 0 Å². The molecule has 5 aromatic rings. The Labute approximate surface area is 325 Å². The summed E-state index contributed by atoms with van der Waals surface area (Å²) in [6, 6.07) is 18.7. The molecule has 1 saturated heterocycles. The fourth-order valence-electron chi connectivity index (χ4n) is 9.06. The number of methoxy groups -OCH3 is 1. The van der Waals surface area contributed by atoms with Gasteiger partial charge in [-0.25, -0.2) is 19.7 Å². The summed E-state index contributed by atoms with van der Waals surface area (Å²) in [6.07, 6.45) is 9.33. The second-order valence-corrected chi connectivity index (χ2v) is 15.7. The van der Waals surface area contributed by atoms with Crippen LogP contribution in [0.4, 0.5) is 9.18 Å². The highest BCUT2D eigenvalue weighted by atomic mass is 19.1. The molecule has 56 heavy (non-hydrogen) atoms. The molecule has 0 spiro atoms. The summed E-state index contributed by atoms with van der Waals surface area (Å²) in [5.41, 5.74) is 6.69. The number of halogens is 1. The Balaban J connectivity index is 0.914. The molecule has 2 aromatic carbocycles. The fraction of sp³-hybridized carbons (Fsp3) is 0.395. The van der Waals surface area contributed by atoms with Gasteiger partial charge in [-0.15, -0.1) is 0 Å². The highest BCUT2D eigenvalue weighted by Gasteiger charge is 2.52. The first-order valence-electron chi connectivity index (χ1n) is 19.5. The number of rotatable bonds is 11. The number of benzene rings is 2. The predicted molar refractivity (Wildman–Crippen MR) is 208 cm³/mol. The fourth-order valence-corrected chi connectivity index (χ4v) is 9.06. The molecule has 4 N–H and O–H groups in total. The van der Waals surface area contributed by atoms with Gasteiger partial charge in [0.05, 0.1) is 42.9 Å². The largest absolute Gasteiger partial charge is 0.453 e. The minimum Gasteiger partial charge on any atom is -0.453 e. The maximum atomic E-state index is 13.5. The van der Waals surface area contributed by atoms with Gasteiger partial charge in [-0.2, -0.15) is 4.39 Å². The van der Waals surface area contributed by atoms with E-state index < -0.39 is 18.1 Å². The number of nitrogens with zero attached hydrogens (tertiary/aromatic N) is 4. The number of pyridine rings is 1. The van der Waals surface area contributed by atoms with E-state index in [1.807, 2.05) is 31.1 Å². The number of amides is 3. The number of aromatic nitrogens is 5. The number of aromatic amines is 2. The lowest BCUT2D eigenvalue weighted by molar-refractivity contribution is -0.135. The average Bonchev–Trinajstić information content (AvgIpc) is 4.08. The van der Waals surface area contributed by atoms with Crippen LogP contribution in [0.1, 0.15) is 75.1 Å². The van der Waals surface area contributed by atoms with Crippen molar-refractivity contribution in [1.29, 1.82) is 0 Å². The first-order chi connectivity index (χ1) is 27.2. The molecule has 0 unspecified atom stereocenters. The number of alkyl carbamates (subject to hydrolysis) is 1. The van der Waals surface area contributed by atoms with E-state index in [-0.39, 0.29) is 35.6 Å². The number of nitrogens with one attached hydrogen (secondary N) is 4. The Bertz CT molecular complexity index is 2180. The van der Waals surface area contributed by atoms with Crippen molar-refractivity contribution in [2.24, 2.45) is 23.7 Å². The van der Waals surface area contributed by atoms with Crippen LogP contribution in [-0.4, -0.2) is 67.4 Å². The van der Waals surface area contributed by atoms with Crippen LogP contribution in [0.15, 0.2) is 79.3 Å². The quantitative estimate of drug-likeness (QED) is 0.104. The molecule has 0 radical (unpaired) electrons. The molecule has 3 fully saturated rings. The molecule has 2 saturated carbocycles. The number of carbonyl (C=O) groups is 3. The molecule has 12 nitrogen and oxygen atoms in total. The van der Waals surface area contributed by atoms with Crippen LogP contribution < -0.4 is 10.6 Å². The van der Waals surface area contributed by atoms with Crippen molar-refractivity contribution in [2.45, 2.75) is 70.5 Å². The molecule has 3 amide bonds. The van der Waals surface area contributed by atoms with E-state index in [4.69, 9.17) is 9.72 Å². The van der Waals surface area contributed by atoms with E-state index in [0.29, 0.717) is 24.9 Å². The topological polar surface area (TPSA) is 158 Å². The number of imidazole rings is 2. The number of carbonyl (C=O) groups excluding carboxylic acids is 3. The van der Waals surface area contributed by atoms with Crippen LogP contribution in [0, 0.1) is 29.6 Å². The van der Waals surface area contributed by atoms with E-state index in [2.05, 4.69) is 79.1 Å². The van der Waals surface area contributed by atoms with E-state index >= 15 is 0 Å². The van der Waals surface area contributed by atoms with Crippen molar-refractivity contribution in [3.8, 4) is 33.6 Å². The highest BCUT2D eigenvalue weighted by molar-refractivity contribution is 5.86. The second-order valence-electron chi connectivity index (χ2n) is 15.7. The number of likely N-dealkylation sites (tertiary alicyclic amines) is 1. The molecule has 2 bridgehead atoms.